The molecule has 0 saturated carbocycles. The summed E-state index contributed by atoms with van der Waals surface area (Å²) in [6.07, 6.45) is -1.67. The van der Waals surface area contributed by atoms with Crippen LogP contribution in [0.3, 0.4) is 0 Å². The van der Waals surface area contributed by atoms with Crippen LogP contribution in [0.25, 0.3) is 0 Å². The van der Waals surface area contributed by atoms with Crippen molar-refractivity contribution in [1.82, 2.24) is 0 Å². The van der Waals surface area contributed by atoms with E-state index in [2.05, 4.69) is 0 Å². The molecule has 1 unspecified atom stereocenters. The highest BCUT2D eigenvalue weighted by molar-refractivity contribution is 7.86. The van der Waals surface area contributed by atoms with E-state index in [0.717, 1.165) is 6.07 Å². The smallest absolute Gasteiger partial charge is 0.305 e. The molecule has 0 spiro atoms. The van der Waals surface area contributed by atoms with Crippen molar-refractivity contribution in [2.45, 2.75) is 6.10 Å². The van der Waals surface area contributed by atoms with Crippen molar-refractivity contribution >= 4 is 10.2 Å². The van der Waals surface area contributed by atoms with Crippen LogP contribution in [0.15, 0.2) is 24.3 Å². The molecule has 0 radical (unpaired) electrons. The minimum atomic E-state index is -4.80. The van der Waals surface area contributed by atoms with Crippen LogP contribution >= 0.6 is 0 Å². The Kier molecular flexibility index (Phi) is 3.17. The van der Waals surface area contributed by atoms with Crippen LogP contribution < -0.4 is 0 Å². The van der Waals surface area contributed by atoms with Gasteiger partial charge in [-0.1, -0.05) is 18.2 Å². The van der Waals surface area contributed by atoms with Crippen LogP contribution in [0, 0.1) is 5.82 Å². The first-order valence-electron chi connectivity index (χ1n) is 3.75. The molecule has 1 aromatic rings. The molecule has 0 bridgehead atoms. The molecule has 6 heteroatoms. The summed E-state index contributed by atoms with van der Waals surface area (Å²) in [5.41, 5.74) is -0.228. The third-order valence-electron chi connectivity index (χ3n) is 1.62. The highest BCUT2D eigenvalue weighted by atomic mass is 32.3. The Labute approximate surface area is 80.2 Å². The van der Waals surface area contributed by atoms with Gasteiger partial charge in [0.2, 0.25) is 0 Å². The van der Waals surface area contributed by atoms with Gasteiger partial charge in [-0.05, 0) is 6.07 Å². The average Bonchev–Trinajstić information content (AvgIpc) is 2.01. The van der Waals surface area contributed by atoms with Crippen molar-refractivity contribution in [2.75, 3.05) is 5.75 Å². The lowest BCUT2D eigenvalue weighted by Crippen LogP contribution is -2.11. The lowest BCUT2D eigenvalue weighted by Gasteiger charge is -2.08. The highest BCUT2D eigenvalue weighted by Crippen LogP contribution is 2.18. The van der Waals surface area contributed by atoms with Crippen molar-refractivity contribution in [1.29, 1.82) is 0 Å². The molecular formula is C8H8F2O3S. The van der Waals surface area contributed by atoms with Gasteiger partial charge in [-0.15, -0.1) is 3.89 Å². The summed E-state index contributed by atoms with van der Waals surface area (Å²) in [5, 5.41) is 9.18. The molecule has 0 aliphatic carbocycles. The average molecular weight is 222 g/mol. The summed E-state index contributed by atoms with van der Waals surface area (Å²) in [5.74, 6) is -1.89. The van der Waals surface area contributed by atoms with Crippen LogP contribution in [0.1, 0.15) is 11.7 Å². The summed E-state index contributed by atoms with van der Waals surface area (Å²) in [6.45, 7) is 0. The van der Waals surface area contributed by atoms with E-state index in [1.807, 2.05) is 0 Å². The molecule has 1 rings (SSSR count). The summed E-state index contributed by atoms with van der Waals surface area (Å²) in [7, 11) is -4.80. The predicted octanol–water partition coefficient (Wildman–Crippen LogP) is 1.16. The quantitative estimate of drug-likeness (QED) is 0.781. The summed E-state index contributed by atoms with van der Waals surface area (Å²) >= 11 is 0. The SMILES string of the molecule is O=S(=O)(F)CC(O)c1ccccc1F. The molecule has 1 N–H and O–H groups in total. The molecule has 0 aliphatic heterocycles. The minimum Gasteiger partial charge on any atom is -0.387 e. The van der Waals surface area contributed by atoms with E-state index >= 15 is 0 Å². The predicted molar refractivity (Wildman–Crippen MR) is 46.3 cm³/mol. The Bertz CT molecular complexity index is 416. The van der Waals surface area contributed by atoms with Crippen molar-refractivity contribution in [3.8, 4) is 0 Å². The van der Waals surface area contributed by atoms with E-state index in [1.165, 1.54) is 18.2 Å². The molecule has 0 aromatic heterocycles. The maximum atomic E-state index is 12.9. The van der Waals surface area contributed by atoms with Gasteiger partial charge in [0.25, 0.3) is 0 Å². The number of benzene rings is 1. The molecule has 0 heterocycles. The summed E-state index contributed by atoms with van der Waals surface area (Å²) < 4.78 is 45.4. The maximum Gasteiger partial charge on any atom is 0.305 e. The van der Waals surface area contributed by atoms with Gasteiger partial charge in [-0.3, -0.25) is 0 Å². The summed E-state index contributed by atoms with van der Waals surface area (Å²) in [4.78, 5) is 0. The number of aliphatic hydroxyl groups is 1. The van der Waals surface area contributed by atoms with Gasteiger partial charge in [-0.2, -0.15) is 8.42 Å². The zero-order chi connectivity index (χ0) is 10.8. The molecule has 0 amide bonds. The number of hydrogen-bond acceptors (Lipinski definition) is 3. The van der Waals surface area contributed by atoms with Gasteiger partial charge >= 0.3 is 10.2 Å². The van der Waals surface area contributed by atoms with Crippen molar-refractivity contribution in [2.24, 2.45) is 0 Å². The van der Waals surface area contributed by atoms with Crippen LogP contribution in [0.4, 0.5) is 8.28 Å². The zero-order valence-corrected chi connectivity index (χ0v) is 7.84. The Hall–Kier alpha value is -1.01. The largest absolute Gasteiger partial charge is 0.387 e. The van der Waals surface area contributed by atoms with Crippen LogP contribution in [-0.4, -0.2) is 19.3 Å². The fourth-order valence-corrected chi connectivity index (χ4v) is 1.58. The first kappa shape index (κ1) is 11.1. The lowest BCUT2D eigenvalue weighted by molar-refractivity contribution is 0.195. The molecular weight excluding hydrogens is 214 g/mol. The molecule has 1 aromatic carbocycles. The van der Waals surface area contributed by atoms with E-state index in [9.17, 15) is 21.8 Å². The molecule has 14 heavy (non-hydrogen) atoms. The second kappa shape index (κ2) is 4.02. The van der Waals surface area contributed by atoms with Crippen molar-refractivity contribution in [3.63, 3.8) is 0 Å². The second-order valence-corrected chi connectivity index (χ2v) is 4.15. The summed E-state index contributed by atoms with van der Waals surface area (Å²) in [6, 6.07) is 5.07. The van der Waals surface area contributed by atoms with Crippen LogP contribution in [0.5, 0.6) is 0 Å². The first-order valence-corrected chi connectivity index (χ1v) is 5.30. The Balaban J connectivity index is 2.90. The Morgan fingerprint density at radius 3 is 2.43 bits per heavy atom. The number of hydrogen-bond donors (Lipinski definition) is 1. The normalized spacial score (nSPS) is 13.9. The van der Waals surface area contributed by atoms with E-state index < -0.39 is 27.9 Å². The Morgan fingerprint density at radius 1 is 1.36 bits per heavy atom. The number of rotatable bonds is 3. The molecule has 3 nitrogen and oxygen atoms in total. The molecule has 0 aliphatic rings. The third-order valence-corrected chi connectivity index (χ3v) is 2.34. The zero-order valence-electron chi connectivity index (χ0n) is 7.02. The van der Waals surface area contributed by atoms with Gasteiger partial charge in [0.1, 0.15) is 11.6 Å². The monoisotopic (exact) mass is 222 g/mol. The minimum absolute atomic E-state index is 0.228. The van der Waals surface area contributed by atoms with Crippen molar-refractivity contribution in [3.05, 3.63) is 35.6 Å². The van der Waals surface area contributed by atoms with Crippen LogP contribution in [0.2, 0.25) is 0 Å². The number of halogens is 2. The molecule has 0 saturated heterocycles. The van der Waals surface area contributed by atoms with Gasteiger partial charge < -0.3 is 5.11 Å². The van der Waals surface area contributed by atoms with Crippen LogP contribution in [-0.2, 0) is 10.2 Å². The van der Waals surface area contributed by atoms with E-state index in [1.54, 1.807) is 0 Å². The maximum absolute atomic E-state index is 12.9. The molecule has 0 fully saturated rings. The molecule has 1 atom stereocenters. The molecule has 78 valence electrons. The third kappa shape index (κ3) is 3.04. The standard InChI is InChI=1S/C8H8F2O3S/c9-7-4-2-1-3-6(7)8(11)5-14(10,12)13/h1-4,8,11H,5H2. The fraction of sp³-hybridized carbons (Fsp3) is 0.250. The lowest BCUT2D eigenvalue weighted by atomic mass is 10.1. The van der Waals surface area contributed by atoms with Crippen molar-refractivity contribution < 1.29 is 21.8 Å². The Morgan fingerprint density at radius 2 is 1.93 bits per heavy atom. The second-order valence-electron chi connectivity index (χ2n) is 2.74. The number of aliphatic hydroxyl groups excluding tert-OH is 1. The first-order chi connectivity index (χ1) is 6.40. The van der Waals surface area contributed by atoms with E-state index in [4.69, 9.17) is 0 Å². The topological polar surface area (TPSA) is 54.4 Å². The van der Waals surface area contributed by atoms with Gasteiger partial charge in [0, 0.05) is 5.56 Å². The van der Waals surface area contributed by atoms with Gasteiger partial charge in [0.15, 0.2) is 0 Å². The van der Waals surface area contributed by atoms with E-state index in [0.29, 0.717) is 0 Å². The van der Waals surface area contributed by atoms with Gasteiger partial charge in [0.05, 0.1) is 6.10 Å². The van der Waals surface area contributed by atoms with E-state index in [-0.39, 0.29) is 5.56 Å². The highest BCUT2D eigenvalue weighted by Gasteiger charge is 2.19. The van der Waals surface area contributed by atoms with Gasteiger partial charge in [-0.25, -0.2) is 4.39 Å². The fourth-order valence-electron chi connectivity index (χ4n) is 1.02.